The number of rotatable bonds is 5. The lowest BCUT2D eigenvalue weighted by molar-refractivity contribution is 0.588. The van der Waals surface area contributed by atoms with Crippen molar-refractivity contribution in [3.8, 4) is 0 Å². The Bertz CT molecular complexity index is 606. The van der Waals surface area contributed by atoms with Crippen LogP contribution >= 0.6 is 0 Å². The first-order valence-electron chi connectivity index (χ1n) is 5.19. The molecule has 0 bridgehead atoms. The first-order chi connectivity index (χ1) is 8.12. The third-order valence-corrected chi connectivity index (χ3v) is 3.78. The molecule has 2 aromatic rings. The van der Waals surface area contributed by atoms with E-state index in [0.717, 1.165) is 11.5 Å². The molecule has 2 aromatic heterocycles. The van der Waals surface area contributed by atoms with Gasteiger partial charge in [-0.1, -0.05) is 6.07 Å². The Balaban J connectivity index is 2.07. The topological polar surface area (TPSA) is 75.5 Å². The van der Waals surface area contributed by atoms with Crippen molar-refractivity contribution in [2.45, 2.75) is 0 Å². The summed E-state index contributed by atoms with van der Waals surface area (Å²) in [7, 11) is -1.76. The zero-order valence-electron chi connectivity index (χ0n) is 9.42. The number of pyridine rings is 1. The molecule has 2 heterocycles. The van der Waals surface area contributed by atoms with Crippen LogP contribution in [0, 0.1) is 0 Å². The number of anilines is 1. The van der Waals surface area contributed by atoms with Crippen molar-refractivity contribution in [1.29, 1.82) is 0 Å². The van der Waals surface area contributed by atoms with E-state index in [9.17, 15) is 8.42 Å². The lowest BCUT2D eigenvalue weighted by Gasteiger charge is -2.08. The number of nitrogens with zero attached hydrogens (tertiary/aromatic N) is 2. The Hall–Kier alpha value is -1.60. The third kappa shape index (κ3) is 2.75. The second-order valence-electron chi connectivity index (χ2n) is 3.52. The van der Waals surface area contributed by atoms with Crippen LogP contribution in [0.3, 0.4) is 0 Å². The molecule has 0 unspecified atom stereocenters. The quantitative estimate of drug-likeness (QED) is 0.804. The molecule has 0 atom stereocenters. The van der Waals surface area contributed by atoms with Crippen LogP contribution < -0.4 is 10.0 Å². The molecule has 92 valence electrons. The lowest BCUT2D eigenvalue weighted by Crippen LogP contribution is -2.26. The van der Waals surface area contributed by atoms with Gasteiger partial charge in [-0.25, -0.2) is 18.1 Å². The number of hydrogen-bond acceptors (Lipinski definition) is 4. The summed E-state index contributed by atoms with van der Waals surface area (Å²) in [5.41, 5.74) is 0.825. The van der Waals surface area contributed by atoms with Gasteiger partial charge >= 0.3 is 0 Å². The summed E-state index contributed by atoms with van der Waals surface area (Å²) in [6.45, 7) is 0.348. The number of sulfonamides is 1. The van der Waals surface area contributed by atoms with E-state index < -0.39 is 10.0 Å². The van der Waals surface area contributed by atoms with Crippen LogP contribution in [0.5, 0.6) is 0 Å². The van der Waals surface area contributed by atoms with Crippen molar-refractivity contribution >= 4 is 21.5 Å². The second kappa shape index (κ2) is 4.72. The van der Waals surface area contributed by atoms with Crippen molar-refractivity contribution in [3.63, 3.8) is 0 Å². The molecule has 0 radical (unpaired) electrons. The van der Waals surface area contributed by atoms with E-state index >= 15 is 0 Å². The fourth-order valence-electron chi connectivity index (χ4n) is 1.51. The summed E-state index contributed by atoms with van der Waals surface area (Å²) >= 11 is 0. The number of aromatic nitrogens is 2. The highest BCUT2D eigenvalue weighted by Crippen LogP contribution is 2.10. The Morgan fingerprint density at radius 3 is 3.00 bits per heavy atom. The molecule has 2 rings (SSSR count). The minimum atomic E-state index is -3.17. The van der Waals surface area contributed by atoms with Crippen LogP contribution in [0.15, 0.2) is 30.6 Å². The van der Waals surface area contributed by atoms with Gasteiger partial charge in [-0.05, 0) is 19.2 Å². The maximum atomic E-state index is 11.2. The van der Waals surface area contributed by atoms with Gasteiger partial charge in [-0.2, -0.15) is 0 Å². The van der Waals surface area contributed by atoms with Gasteiger partial charge in [-0.15, -0.1) is 0 Å². The van der Waals surface area contributed by atoms with Crippen LogP contribution in [-0.4, -0.2) is 37.1 Å². The standard InChI is InChI=1S/C10H14N4O2S/c1-11-17(15,16)8-6-13-10-4-2-3-9-12-5-7-14(9)10/h2-5,7,11,13H,6,8H2,1H3. The molecule has 0 aromatic carbocycles. The van der Waals surface area contributed by atoms with Crippen LogP contribution in [0.2, 0.25) is 0 Å². The van der Waals surface area contributed by atoms with Crippen LogP contribution in [-0.2, 0) is 10.0 Å². The summed E-state index contributed by atoms with van der Waals surface area (Å²) in [5.74, 6) is 0.862. The average molecular weight is 254 g/mol. The van der Waals surface area contributed by atoms with Crippen molar-refractivity contribution in [2.75, 3.05) is 24.7 Å². The van der Waals surface area contributed by atoms with Crippen molar-refractivity contribution in [1.82, 2.24) is 14.1 Å². The summed E-state index contributed by atoms with van der Waals surface area (Å²) in [5, 5.41) is 3.07. The van der Waals surface area contributed by atoms with E-state index in [1.54, 1.807) is 6.20 Å². The average Bonchev–Trinajstić information content (AvgIpc) is 2.78. The zero-order valence-corrected chi connectivity index (χ0v) is 10.2. The van der Waals surface area contributed by atoms with E-state index in [-0.39, 0.29) is 5.75 Å². The van der Waals surface area contributed by atoms with E-state index in [4.69, 9.17) is 0 Å². The first kappa shape index (κ1) is 11.9. The molecular formula is C10H14N4O2S. The number of hydrogen-bond donors (Lipinski definition) is 2. The van der Waals surface area contributed by atoms with Crippen LogP contribution in [0.1, 0.15) is 0 Å². The number of fused-ring (bicyclic) bond motifs is 1. The third-order valence-electron chi connectivity index (χ3n) is 2.42. The van der Waals surface area contributed by atoms with Gasteiger partial charge in [0.25, 0.3) is 0 Å². The highest BCUT2D eigenvalue weighted by atomic mass is 32.2. The summed E-state index contributed by atoms with van der Waals surface area (Å²) in [6, 6.07) is 5.63. The molecule has 0 aliphatic rings. The van der Waals surface area contributed by atoms with Gasteiger partial charge in [0.15, 0.2) is 0 Å². The molecule has 0 fully saturated rings. The summed E-state index contributed by atoms with van der Waals surface area (Å²) in [4.78, 5) is 4.14. The SMILES string of the molecule is CNS(=O)(=O)CCNc1cccc2nccn12. The molecule has 7 heteroatoms. The fourth-order valence-corrected chi connectivity index (χ4v) is 2.08. The van der Waals surface area contributed by atoms with Crippen molar-refractivity contribution < 1.29 is 8.42 Å². The highest BCUT2D eigenvalue weighted by molar-refractivity contribution is 7.89. The van der Waals surface area contributed by atoms with E-state index in [0.29, 0.717) is 6.54 Å². The molecule has 0 saturated carbocycles. The van der Waals surface area contributed by atoms with Gasteiger partial charge in [0.2, 0.25) is 10.0 Å². The van der Waals surface area contributed by atoms with Gasteiger partial charge in [-0.3, -0.25) is 4.40 Å². The molecule has 17 heavy (non-hydrogen) atoms. The summed E-state index contributed by atoms with van der Waals surface area (Å²) in [6.07, 6.45) is 3.52. The van der Waals surface area contributed by atoms with E-state index in [1.165, 1.54) is 7.05 Å². The van der Waals surface area contributed by atoms with Crippen molar-refractivity contribution in [3.05, 3.63) is 30.6 Å². The van der Waals surface area contributed by atoms with Gasteiger partial charge in [0.1, 0.15) is 11.5 Å². The maximum Gasteiger partial charge on any atom is 0.213 e. The second-order valence-corrected chi connectivity index (χ2v) is 5.56. The monoisotopic (exact) mass is 254 g/mol. The first-order valence-corrected chi connectivity index (χ1v) is 6.85. The maximum absolute atomic E-state index is 11.2. The van der Waals surface area contributed by atoms with E-state index in [2.05, 4.69) is 15.0 Å². The fraction of sp³-hybridized carbons (Fsp3) is 0.300. The Morgan fingerprint density at radius 2 is 2.24 bits per heavy atom. The zero-order chi connectivity index (χ0) is 12.3. The highest BCUT2D eigenvalue weighted by Gasteiger charge is 2.06. The van der Waals surface area contributed by atoms with Crippen LogP contribution in [0.25, 0.3) is 5.65 Å². The Labute approximate surface area is 99.7 Å². The van der Waals surface area contributed by atoms with Gasteiger partial charge in [0.05, 0.1) is 5.75 Å². The smallest absolute Gasteiger partial charge is 0.213 e. The Morgan fingerprint density at radius 1 is 1.41 bits per heavy atom. The lowest BCUT2D eigenvalue weighted by atomic mass is 10.4. The summed E-state index contributed by atoms with van der Waals surface area (Å²) < 4.78 is 26.6. The van der Waals surface area contributed by atoms with Crippen molar-refractivity contribution in [2.24, 2.45) is 0 Å². The molecule has 0 amide bonds. The molecule has 0 saturated heterocycles. The minimum Gasteiger partial charge on any atom is -0.370 e. The molecule has 6 nitrogen and oxygen atoms in total. The predicted molar refractivity (Wildman–Crippen MR) is 66.5 cm³/mol. The molecule has 0 aliphatic heterocycles. The van der Waals surface area contributed by atoms with Crippen LogP contribution in [0.4, 0.5) is 5.82 Å². The molecule has 2 N–H and O–H groups in total. The normalized spacial score (nSPS) is 11.8. The number of imidazole rings is 1. The molecule has 0 aliphatic carbocycles. The minimum absolute atomic E-state index is 0.0363. The Kier molecular flexibility index (Phi) is 3.30. The largest absolute Gasteiger partial charge is 0.370 e. The van der Waals surface area contributed by atoms with Gasteiger partial charge < -0.3 is 5.32 Å². The van der Waals surface area contributed by atoms with E-state index in [1.807, 2.05) is 28.8 Å². The molecule has 0 spiro atoms. The van der Waals surface area contributed by atoms with Gasteiger partial charge in [0, 0.05) is 18.9 Å². The number of nitrogens with one attached hydrogen (secondary N) is 2. The molecular weight excluding hydrogens is 240 g/mol. The predicted octanol–water partition coefficient (Wildman–Crippen LogP) is 0.295.